The molecule has 2 unspecified atom stereocenters. The Bertz CT molecular complexity index is 6340. The van der Waals surface area contributed by atoms with Gasteiger partial charge in [-0.05, 0) is 261 Å². The van der Waals surface area contributed by atoms with Crippen LogP contribution < -0.4 is 83.2 Å². The van der Waals surface area contributed by atoms with Crippen molar-refractivity contribution in [3.63, 3.8) is 0 Å². The van der Waals surface area contributed by atoms with Gasteiger partial charge >= 0.3 is 10.2 Å². The summed E-state index contributed by atoms with van der Waals surface area (Å²) in [6.07, 6.45) is 8.58. The third-order valence-electron chi connectivity index (χ3n) is 19.3. The second-order valence-corrected chi connectivity index (χ2v) is 34.6. The number of hydrogen-bond donors (Lipinski definition) is 19. The highest BCUT2D eigenvalue weighted by Crippen LogP contribution is 2.38. The van der Waals surface area contributed by atoms with Gasteiger partial charge in [-0.25, -0.2) is 34.3 Å². The molecule has 4 aromatic heterocycles. The highest BCUT2D eigenvalue weighted by Gasteiger charge is 2.32. The lowest BCUT2D eigenvalue weighted by Gasteiger charge is -2.22. The van der Waals surface area contributed by atoms with Gasteiger partial charge in [0.1, 0.15) is 70.0 Å². The summed E-state index contributed by atoms with van der Waals surface area (Å²) >= 11 is 0. The van der Waals surface area contributed by atoms with Crippen LogP contribution in [0.25, 0.3) is 43.9 Å². The summed E-state index contributed by atoms with van der Waals surface area (Å²) in [5.41, 5.74) is 36.5. The Morgan fingerprint density at radius 2 is 0.680 bits per heavy atom. The molecule has 0 spiro atoms. The number of furan rings is 4. The first-order valence-electron chi connectivity index (χ1n) is 38.6. The van der Waals surface area contributed by atoms with E-state index in [1.165, 1.54) is 14.1 Å². The Labute approximate surface area is 722 Å². The normalized spacial score (nSPS) is 12.5. The third-order valence-corrected chi connectivity index (χ3v) is 22.2. The molecule has 41 heteroatoms. The topological polar surface area (TPSA) is 644 Å². The number of rotatable bonds is 32. The van der Waals surface area contributed by atoms with Gasteiger partial charge in [0.05, 0.1) is 25.4 Å². The van der Waals surface area contributed by atoms with Crippen molar-refractivity contribution in [3.05, 3.63) is 254 Å². The Morgan fingerprint density at radius 1 is 0.400 bits per heavy atom. The van der Waals surface area contributed by atoms with E-state index >= 15 is 0 Å². The van der Waals surface area contributed by atoms with Crippen LogP contribution in [0.5, 0.6) is 5.75 Å². The van der Waals surface area contributed by atoms with Gasteiger partial charge in [0.2, 0.25) is 0 Å². The van der Waals surface area contributed by atoms with Crippen molar-refractivity contribution >= 4 is 154 Å². The molecule has 12 rings (SSSR count). The zero-order valence-electron chi connectivity index (χ0n) is 69.8. The second-order valence-electron chi connectivity index (χ2n) is 28.9. The number of nitrogen functional groups attached to an aromatic ring is 4. The molecule has 8 aromatic carbocycles. The number of amides is 4. The van der Waals surface area contributed by atoms with Crippen LogP contribution in [0.15, 0.2) is 188 Å². The average Bonchev–Trinajstić information content (AvgIpc) is 1.70. The number of ether oxygens (including phenoxy) is 1. The van der Waals surface area contributed by atoms with E-state index in [1.807, 2.05) is 87.8 Å². The molecule has 0 saturated heterocycles. The van der Waals surface area contributed by atoms with Gasteiger partial charge in [-0.15, -0.1) is 0 Å². The molecule has 0 radical (unpaired) electrons. The molecule has 12 aromatic rings. The summed E-state index contributed by atoms with van der Waals surface area (Å²) in [4.78, 5) is 51.6. The first kappa shape index (κ1) is 95.2. The number of aryl methyl sites for hydroxylation is 7. The molecule has 0 aliphatic heterocycles. The molecule has 0 aliphatic rings. The lowest BCUT2D eigenvalue weighted by molar-refractivity contribution is -0.121. The molecule has 0 aliphatic carbocycles. The van der Waals surface area contributed by atoms with E-state index in [2.05, 4.69) is 26.0 Å². The highest BCUT2D eigenvalue weighted by molar-refractivity contribution is 7.88. The minimum atomic E-state index is -4.29. The van der Waals surface area contributed by atoms with Crippen molar-refractivity contribution in [2.45, 2.75) is 112 Å². The predicted octanol–water partition coefficient (Wildman–Crippen LogP) is 9.33. The molecule has 125 heavy (non-hydrogen) atoms. The van der Waals surface area contributed by atoms with Crippen molar-refractivity contribution in [1.82, 2.24) is 23.2 Å². The molecule has 0 fully saturated rings. The Morgan fingerprint density at radius 3 is 0.928 bits per heavy atom. The monoisotopic (exact) mass is 1790 g/mol. The molecule has 0 bridgehead atoms. The van der Waals surface area contributed by atoms with Crippen molar-refractivity contribution in [2.24, 2.45) is 38.4 Å². The molecule has 4 heterocycles. The van der Waals surface area contributed by atoms with E-state index in [-0.39, 0.29) is 23.3 Å². The number of fused-ring (bicyclic) bond motifs is 4. The van der Waals surface area contributed by atoms with Gasteiger partial charge in [-0.2, -0.15) is 38.0 Å². The van der Waals surface area contributed by atoms with Crippen LogP contribution >= 0.6 is 0 Å². The zero-order valence-corrected chi connectivity index (χ0v) is 73.0. The summed E-state index contributed by atoms with van der Waals surface area (Å²) in [7, 11) is -14.1. The Kier molecular flexibility index (Phi) is 30.9. The molecular weight excluding hydrogens is 1690 g/mol. The van der Waals surface area contributed by atoms with Gasteiger partial charge in [0, 0.05) is 87.1 Å². The van der Waals surface area contributed by atoms with E-state index in [4.69, 9.17) is 82.4 Å². The second kappa shape index (κ2) is 40.5. The first-order chi connectivity index (χ1) is 58.8. The van der Waals surface area contributed by atoms with Crippen LogP contribution in [0.3, 0.4) is 0 Å². The van der Waals surface area contributed by atoms with Crippen LogP contribution in [0, 0.1) is 42.4 Å². The van der Waals surface area contributed by atoms with Crippen LogP contribution in [-0.4, -0.2) is 106 Å². The van der Waals surface area contributed by atoms with E-state index in [9.17, 15) is 52.8 Å². The quantitative estimate of drug-likeness (QED) is 0.0138. The van der Waals surface area contributed by atoms with E-state index in [1.54, 1.807) is 152 Å². The lowest BCUT2D eigenvalue weighted by Crippen LogP contribution is -2.43. The maximum absolute atomic E-state index is 13.1. The number of carbonyl (C=O) groups excluding carboxylic acids is 4. The fourth-order valence-electron chi connectivity index (χ4n) is 13.1. The largest absolute Gasteiger partial charge is 0.490 e. The number of amidine groups is 4. The van der Waals surface area contributed by atoms with Crippen LogP contribution in [0.4, 0.5) is 22.7 Å². The van der Waals surface area contributed by atoms with Gasteiger partial charge in [0.25, 0.3) is 54.3 Å². The van der Waals surface area contributed by atoms with Gasteiger partial charge in [-0.3, -0.25) is 40.8 Å². The summed E-state index contributed by atoms with van der Waals surface area (Å²) in [6, 6.07) is 38.1. The van der Waals surface area contributed by atoms with Gasteiger partial charge < -0.3 is 66.6 Å². The third kappa shape index (κ3) is 25.0. The fourth-order valence-corrected chi connectivity index (χ4v) is 14.8. The number of nitrogens with one attached hydrogen (secondary N) is 12. The van der Waals surface area contributed by atoms with E-state index < -0.39 is 88.6 Å². The zero-order chi connectivity index (χ0) is 91.9. The van der Waals surface area contributed by atoms with E-state index in [0.717, 1.165) is 94.6 Å². The van der Waals surface area contributed by atoms with Crippen molar-refractivity contribution in [3.8, 4) is 5.75 Å². The van der Waals surface area contributed by atoms with Crippen LogP contribution in [-0.2, 0) is 85.7 Å². The summed E-state index contributed by atoms with van der Waals surface area (Å²) in [6.45, 7) is 15.8. The molecule has 4 atom stereocenters. The van der Waals surface area contributed by atoms with Crippen molar-refractivity contribution in [1.29, 1.82) is 21.6 Å². The van der Waals surface area contributed by atoms with Crippen molar-refractivity contribution < 1.29 is 75.3 Å². The summed E-state index contributed by atoms with van der Waals surface area (Å²) in [5.74, 6) is -2.36. The van der Waals surface area contributed by atoms with Crippen molar-refractivity contribution in [2.75, 3.05) is 42.0 Å². The number of nitrogens with two attached hydrogens (primary N) is 7. The molecule has 0 saturated carbocycles. The SMILES string of the molecule is CCCc1cc2cc([C@@H](Nc3ccc(C(=N)N)cc3)C(=O)NS(N)(=O)=O)cc(OCC)c2o1.CCc1cc(C(Nc2ccc(C(=N)N)cc2)C(=O)NS(=O)(=O)N(C)C)cc2c(C)coc12.CCc1cc(C(Nc2ccc(C(=N)N)cc2)C(=O)NS(N)(=O)=O)cc2c(C)coc12.CCc1cc([C@@H](Nc2ccc(C(=N)N)cc2)C(=O)NS(N)(=O)=O)cc2c(C)coc12. The highest BCUT2D eigenvalue weighted by atomic mass is 32.2. The summed E-state index contributed by atoms with van der Waals surface area (Å²) in [5, 5.41) is 60.5. The average molecular weight is 1790 g/mol. The fraction of sp³-hybridized carbons (Fsp3) is 0.238. The lowest BCUT2D eigenvalue weighted by atomic mass is 9.98. The number of carbonyl (C=O) groups is 4. The molecular formula is C84H100N20O17S4. The summed E-state index contributed by atoms with van der Waals surface area (Å²) < 4.78 is 131. The van der Waals surface area contributed by atoms with E-state index in [0.29, 0.717) is 104 Å². The van der Waals surface area contributed by atoms with Crippen LogP contribution in [0.1, 0.15) is 149 Å². The first-order valence-corrected chi connectivity index (χ1v) is 44.7. The Balaban J connectivity index is 0.000000189. The standard InChI is InChI=1S/C22H27N5O5S.C22H27N5O4S.2C20H23N5O4S/c1-3-5-17-11-15-10-14(12-18(31-4-2)20(15)32-17)19(22(28)27-33(25,29)30)26-16-8-6-13(7-9-16)21(23)24;1-5-14-10-16(11-18-13(2)12-31-20(14)18)19(22(28)26-32(29,30)27(3)4)25-17-8-6-15(7-9-17)21(23)24;2*1-3-12-8-14(9-16-11(2)10-29-18(12)16)17(20(26)25-30(23,27)28)24-15-6-4-13(5-7-15)19(21)22/h6-12,19,26H,3-5H2,1-2H3,(H3,23,24)(H,27,28)(H2,25,29,30);6-12,19,25H,5H2,1-4H3,(H3,23,24)(H,26,28);2*4-10,17,24H,3H2,1-2H3,(H3,21,22)(H,25,26)(H2,23,27,28)/t19-;;17-;/m1.1./s1. The Hall–Kier alpha value is -13.7. The number of hydrogen-bond acceptors (Lipinski definition) is 25. The van der Waals surface area contributed by atoms with Crippen LogP contribution in [0.2, 0.25) is 0 Å². The smallest absolute Gasteiger partial charge is 0.303 e. The van der Waals surface area contributed by atoms with Gasteiger partial charge in [0.15, 0.2) is 11.3 Å². The maximum Gasteiger partial charge on any atom is 0.303 e. The molecule has 37 nitrogen and oxygen atoms in total. The number of nitrogens with zero attached hydrogens (tertiary/aromatic N) is 1. The molecule has 662 valence electrons. The minimum absolute atomic E-state index is 0.0728. The number of benzene rings is 8. The molecule has 26 N–H and O–H groups in total. The maximum atomic E-state index is 13.1. The molecule has 4 amide bonds. The minimum Gasteiger partial charge on any atom is -0.490 e. The van der Waals surface area contributed by atoms with Gasteiger partial charge in [-0.1, -0.05) is 27.7 Å². The number of anilines is 4. The predicted molar refractivity (Wildman–Crippen MR) is 482 cm³/mol.